The number of hydrogen-bond acceptors (Lipinski definition) is 3. The van der Waals surface area contributed by atoms with E-state index < -0.39 is 0 Å². The van der Waals surface area contributed by atoms with Gasteiger partial charge in [0, 0.05) is 12.6 Å². The van der Waals surface area contributed by atoms with Gasteiger partial charge in [-0.25, -0.2) is 0 Å². The first-order chi connectivity index (χ1) is 13.0. The lowest BCUT2D eigenvalue weighted by molar-refractivity contribution is -0.140. The van der Waals surface area contributed by atoms with Gasteiger partial charge in [-0.15, -0.1) is 0 Å². The Morgan fingerprint density at radius 3 is 2.07 bits per heavy atom. The zero-order valence-electron chi connectivity index (χ0n) is 15.7. The summed E-state index contributed by atoms with van der Waals surface area (Å²) in [7, 11) is 0. The highest BCUT2D eigenvalue weighted by Crippen LogP contribution is 2.65. The molecule has 3 fully saturated rings. The maximum absolute atomic E-state index is 13.1. The Hall–Kier alpha value is -2.43. The van der Waals surface area contributed by atoms with Crippen LogP contribution in [-0.4, -0.2) is 29.3 Å². The molecule has 3 amide bonds. The molecule has 0 aromatic heterocycles. The van der Waals surface area contributed by atoms with Crippen LogP contribution in [0.5, 0.6) is 0 Å². The number of nitrogens with zero attached hydrogens (tertiary/aromatic N) is 2. The first-order valence-corrected chi connectivity index (χ1v) is 9.92. The summed E-state index contributed by atoms with van der Waals surface area (Å²) in [5, 5.41) is 0. The van der Waals surface area contributed by atoms with Crippen molar-refractivity contribution in [3.63, 3.8) is 0 Å². The highest BCUT2D eigenvalue weighted by Gasteiger charge is 2.67. The van der Waals surface area contributed by atoms with E-state index >= 15 is 0 Å². The number of carbonyl (C=O) groups excluding carboxylic acids is 3. The number of aryl methyl sites for hydroxylation is 1. The molecule has 140 valence electrons. The van der Waals surface area contributed by atoms with Gasteiger partial charge in [-0.05, 0) is 54.2 Å². The zero-order chi connectivity index (χ0) is 18.9. The minimum Gasteiger partial charge on any atom is -0.294 e. The van der Waals surface area contributed by atoms with Crippen LogP contribution in [0.15, 0.2) is 36.4 Å². The summed E-state index contributed by atoms with van der Waals surface area (Å²) in [6, 6.07) is 7.74. The molecule has 1 saturated heterocycles. The predicted molar refractivity (Wildman–Crippen MR) is 100 cm³/mol. The summed E-state index contributed by atoms with van der Waals surface area (Å²) < 4.78 is 0. The number of rotatable bonds is 4. The molecule has 2 bridgehead atoms. The Kier molecular flexibility index (Phi) is 3.58. The van der Waals surface area contributed by atoms with E-state index in [1.807, 2.05) is 24.3 Å². The van der Waals surface area contributed by atoms with E-state index in [2.05, 4.69) is 19.1 Å². The standard InChI is InChI=1S/C22H24N2O3/c1-3-13-4-6-14(7-5-13)23(12(2)25)11-24-21(26)19-15-8-9-16(18-10-17(15)18)20(19)22(24)27/h4-9,15-20H,3,10-11H2,1-2H3/t15-,16-,17-,18-,19-,20+/m1/s1. The average molecular weight is 364 g/mol. The molecule has 5 nitrogen and oxygen atoms in total. The number of carbonyl (C=O) groups is 3. The fraction of sp³-hybridized carbons (Fsp3) is 0.500. The lowest BCUT2D eigenvalue weighted by Crippen LogP contribution is -2.44. The summed E-state index contributed by atoms with van der Waals surface area (Å²) in [5.74, 6) is 0.810. The summed E-state index contributed by atoms with van der Waals surface area (Å²) in [6.45, 7) is 3.57. The van der Waals surface area contributed by atoms with Gasteiger partial charge in [0.15, 0.2) is 0 Å². The average Bonchev–Trinajstić information content (AvgIpc) is 3.46. The van der Waals surface area contributed by atoms with E-state index in [9.17, 15) is 14.4 Å². The van der Waals surface area contributed by atoms with Crippen LogP contribution in [0.3, 0.4) is 0 Å². The van der Waals surface area contributed by atoms with Crippen molar-refractivity contribution < 1.29 is 14.4 Å². The summed E-state index contributed by atoms with van der Waals surface area (Å²) in [5.41, 5.74) is 1.91. The summed E-state index contributed by atoms with van der Waals surface area (Å²) in [6.07, 6.45) is 6.41. The largest absolute Gasteiger partial charge is 0.294 e. The topological polar surface area (TPSA) is 57.7 Å². The van der Waals surface area contributed by atoms with Gasteiger partial charge in [-0.2, -0.15) is 0 Å². The third-order valence-electron chi connectivity index (χ3n) is 7.07. The highest BCUT2D eigenvalue weighted by atomic mass is 16.2. The molecule has 6 atom stereocenters. The fourth-order valence-corrected chi connectivity index (χ4v) is 5.57. The second-order valence-corrected chi connectivity index (χ2v) is 8.37. The van der Waals surface area contributed by atoms with Gasteiger partial charge in [0.2, 0.25) is 17.7 Å². The van der Waals surface area contributed by atoms with E-state index in [1.165, 1.54) is 22.3 Å². The first-order valence-electron chi connectivity index (χ1n) is 9.92. The van der Waals surface area contributed by atoms with E-state index in [0.29, 0.717) is 11.8 Å². The summed E-state index contributed by atoms with van der Waals surface area (Å²) >= 11 is 0. The number of hydrogen-bond donors (Lipinski definition) is 0. The lowest BCUT2D eigenvalue weighted by Gasteiger charge is -2.37. The molecule has 4 aliphatic carbocycles. The molecule has 6 rings (SSSR count). The minimum absolute atomic E-state index is 0.0141. The van der Waals surface area contributed by atoms with Crippen LogP contribution in [0.4, 0.5) is 5.69 Å². The monoisotopic (exact) mass is 364 g/mol. The van der Waals surface area contributed by atoms with Crippen molar-refractivity contribution in [2.45, 2.75) is 26.7 Å². The molecular weight excluding hydrogens is 340 g/mol. The third kappa shape index (κ3) is 2.33. The van der Waals surface area contributed by atoms with Crippen molar-refractivity contribution in [1.82, 2.24) is 4.90 Å². The number of benzene rings is 1. The Morgan fingerprint density at radius 2 is 1.59 bits per heavy atom. The van der Waals surface area contributed by atoms with Crippen molar-refractivity contribution in [2.75, 3.05) is 11.6 Å². The quantitative estimate of drug-likeness (QED) is 0.610. The predicted octanol–water partition coefficient (Wildman–Crippen LogP) is 2.61. The van der Waals surface area contributed by atoms with E-state index in [4.69, 9.17) is 0 Å². The lowest BCUT2D eigenvalue weighted by atomic mass is 9.63. The smallest absolute Gasteiger partial charge is 0.235 e. The molecule has 1 aromatic carbocycles. The minimum atomic E-state index is -0.215. The molecule has 5 aliphatic rings. The van der Waals surface area contributed by atoms with Gasteiger partial charge in [0.25, 0.3) is 0 Å². The van der Waals surface area contributed by atoms with E-state index in [1.54, 1.807) is 0 Å². The van der Waals surface area contributed by atoms with Gasteiger partial charge >= 0.3 is 0 Å². The maximum Gasteiger partial charge on any atom is 0.235 e. The summed E-state index contributed by atoms with van der Waals surface area (Å²) in [4.78, 5) is 41.4. The van der Waals surface area contributed by atoms with Gasteiger partial charge in [-0.1, -0.05) is 31.2 Å². The van der Waals surface area contributed by atoms with E-state index in [-0.39, 0.29) is 48.1 Å². The zero-order valence-corrected chi connectivity index (χ0v) is 15.7. The molecule has 1 aromatic rings. The van der Waals surface area contributed by atoms with Crippen LogP contribution in [0, 0.1) is 35.5 Å². The normalized spacial score (nSPS) is 35.3. The molecule has 0 radical (unpaired) electrons. The maximum atomic E-state index is 13.1. The van der Waals surface area contributed by atoms with Gasteiger partial charge in [0.05, 0.1) is 11.8 Å². The molecule has 1 aliphatic heterocycles. The first kappa shape index (κ1) is 16.7. The SMILES string of the molecule is CCc1ccc(N(CN2C(=O)[C@@H]3[C@@H]4C=C[C@H]([C@H]5C[C@H]45)[C@@H]3C2=O)C(C)=O)cc1. The highest BCUT2D eigenvalue weighted by molar-refractivity contribution is 6.07. The van der Waals surface area contributed by atoms with Crippen LogP contribution >= 0.6 is 0 Å². The van der Waals surface area contributed by atoms with Gasteiger partial charge < -0.3 is 0 Å². The van der Waals surface area contributed by atoms with Crippen molar-refractivity contribution in [3.05, 3.63) is 42.0 Å². The number of anilines is 1. The van der Waals surface area contributed by atoms with Crippen molar-refractivity contribution in [2.24, 2.45) is 35.5 Å². The van der Waals surface area contributed by atoms with Crippen LogP contribution in [-0.2, 0) is 20.8 Å². The third-order valence-corrected chi connectivity index (χ3v) is 7.07. The Morgan fingerprint density at radius 1 is 1.04 bits per heavy atom. The fourth-order valence-electron chi connectivity index (χ4n) is 5.57. The van der Waals surface area contributed by atoms with Crippen LogP contribution in [0.1, 0.15) is 25.8 Å². The van der Waals surface area contributed by atoms with Crippen LogP contribution < -0.4 is 4.90 Å². The molecule has 0 unspecified atom stereocenters. The Labute approximate surface area is 159 Å². The molecule has 0 N–H and O–H groups in total. The van der Waals surface area contributed by atoms with E-state index in [0.717, 1.165) is 18.5 Å². The van der Waals surface area contributed by atoms with Gasteiger partial charge in [-0.3, -0.25) is 24.2 Å². The van der Waals surface area contributed by atoms with Crippen LogP contribution in [0.25, 0.3) is 0 Å². The number of imide groups is 1. The molecule has 5 heteroatoms. The second-order valence-electron chi connectivity index (χ2n) is 8.37. The molecule has 2 saturated carbocycles. The number of likely N-dealkylation sites (tertiary alicyclic amines) is 1. The number of amides is 3. The molecule has 27 heavy (non-hydrogen) atoms. The second kappa shape index (κ2) is 5.78. The Balaban J connectivity index is 1.42. The molecular formula is C22H24N2O3. The number of allylic oxidation sites excluding steroid dienone is 2. The van der Waals surface area contributed by atoms with Crippen LogP contribution in [0.2, 0.25) is 0 Å². The van der Waals surface area contributed by atoms with Crippen molar-refractivity contribution >= 4 is 23.4 Å². The van der Waals surface area contributed by atoms with Crippen molar-refractivity contribution in [1.29, 1.82) is 0 Å². The van der Waals surface area contributed by atoms with Gasteiger partial charge in [0.1, 0.15) is 6.67 Å². The molecule has 0 spiro atoms. The molecule has 1 heterocycles. The Bertz CT molecular complexity index is 823. The van der Waals surface area contributed by atoms with Crippen molar-refractivity contribution in [3.8, 4) is 0 Å².